The second kappa shape index (κ2) is 4.14. The van der Waals surface area contributed by atoms with E-state index in [2.05, 4.69) is 10.1 Å². The van der Waals surface area contributed by atoms with E-state index in [0.29, 0.717) is 11.2 Å². The van der Waals surface area contributed by atoms with Crippen LogP contribution in [0.15, 0.2) is 12.3 Å². The number of pyridine rings is 1. The fourth-order valence-electron chi connectivity index (χ4n) is 1.59. The maximum atomic E-state index is 10.3. The molecule has 0 amide bonds. The molecule has 7 heteroatoms. The summed E-state index contributed by atoms with van der Waals surface area (Å²) in [7, 11) is 1.77. The number of aryl methyl sites for hydroxylation is 2. The van der Waals surface area contributed by atoms with Crippen LogP contribution in [0.1, 0.15) is 11.3 Å². The number of hydrogen-bond acceptors (Lipinski definition) is 4. The van der Waals surface area contributed by atoms with Gasteiger partial charge in [0.1, 0.15) is 5.15 Å². The normalized spacial score (nSPS) is 11.5. The van der Waals surface area contributed by atoms with Gasteiger partial charge in [-0.2, -0.15) is 5.10 Å². The Labute approximate surface area is 102 Å². The van der Waals surface area contributed by atoms with Gasteiger partial charge < -0.3 is 0 Å². The van der Waals surface area contributed by atoms with Crippen molar-refractivity contribution in [3.05, 3.63) is 38.8 Å². The van der Waals surface area contributed by atoms with E-state index in [9.17, 15) is 10.1 Å². The zero-order valence-electron chi connectivity index (χ0n) is 9.22. The van der Waals surface area contributed by atoms with Crippen LogP contribution in [0.5, 0.6) is 0 Å². The zero-order valence-corrected chi connectivity index (χ0v) is 9.97. The van der Waals surface area contributed by atoms with Crippen LogP contribution in [0.25, 0.3) is 17.1 Å². The number of aromatic nitrogens is 3. The van der Waals surface area contributed by atoms with Crippen molar-refractivity contribution in [1.29, 1.82) is 0 Å². The molecule has 0 N–H and O–H groups in total. The summed E-state index contributed by atoms with van der Waals surface area (Å²) < 4.78 is 1.62. The molecule has 0 aromatic carbocycles. The zero-order chi connectivity index (χ0) is 12.6. The molecule has 2 aromatic heterocycles. The molecule has 0 fully saturated rings. The molecule has 0 aliphatic rings. The molecule has 0 aliphatic heterocycles. The molecule has 6 nitrogen and oxygen atoms in total. The first kappa shape index (κ1) is 11.5. The fourth-order valence-corrected chi connectivity index (χ4v) is 1.79. The van der Waals surface area contributed by atoms with Crippen molar-refractivity contribution in [2.75, 3.05) is 0 Å². The molecule has 0 radical (unpaired) electrons. The predicted molar refractivity (Wildman–Crippen MR) is 64.3 cm³/mol. The predicted octanol–water partition coefficient (Wildman–Crippen LogP) is 2.18. The van der Waals surface area contributed by atoms with Crippen molar-refractivity contribution in [1.82, 2.24) is 14.8 Å². The number of halogens is 1. The van der Waals surface area contributed by atoms with E-state index in [1.807, 2.05) is 6.92 Å². The number of nitrogens with zero attached hydrogens (tertiary/aromatic N) is 4. The van der Waals surface area contributed by atoms with Gasteiger partial charge in [0, 0.05) is 24.1 Å². The Morgan fingerprint density at radius 1 is 1.59 bits per heavy atom. The second-order valence-corrected chi connectivity index (χ2v) is 3.91. The molecule has 0 aliphatic carbocycles. The number of hydrogen-bond donors (Lipinski definition) is 0. The van der Waals surface area contributed by atoms with E-state index in [-0.39, 0.29) is 5.15 Å². The molecule has 0 atom stereocenters. The Kier molecular flexibility index (Phi) is 2.81. The minimum Gasteiger partial charge on any atom is -0.259 e. The SMILES string of the molecule is Cc1nn(C)c2nc(Cl)c(/C=C/[N+](=O)[O-])cc12. The first-order chi connectivity index (χ1) is 7.99. The average molecular weight is 253 g/mol. The highest BCUT2D eigenvalue weighted by molar-refractivity contribution is 6.31. The van der Waals surface area contributed by atoms with Crippen LogP contribution in [0.4, 0.5) is 0 Å². The molecular weight excluding hydrogens is 244 g/mol. The van der Waals surface area contributed by atoms with Crippen molar-refractivity contribution in [2.45, 2.75) is 6.92 Å². The van der Waals surface area contributed by atoms with Crippen LogP contribution in [-0.2, 0) is 7.05 Å². The van der Waals surface area contributed by atoms with Crippen LogP contribution in [-0.4, -0.2) is 19.7 Å². The largest absolute Gasteiger partial charge is 0.259 e. The first-order valence-electron chi connectivity index (χ1n) is 4.80. The molecule has 2 rings (SSSR count). The highest BCUT2D eigenvalue weighted by atomic mass is 35.5. The molecule has 2 aromatic rings. The van der Waals surface area contributed by atoms with E-state index < -0.39 is 4.92 Å². The minimum absolute atomic E-state index is 0.221. The van der Waals surface area contributed by atoms with Gasteiger partial charge in [0.05, 0.1) is 10.6 Å². The number of nitro groups is 1. The molecule has 0 spiro atoms. The quantitative estimate of drug-likeness (QED) is 0.466. The van der Waals surface area contributed by atoms with Gasteiger partial charge in [0.15, 0.2) is 5.65 Å². The van der Waals surface area contributed by atoms with E-state index in [4.69, 9.17) is 11.6 Å². The summed E-state index contributed by atoms with van der Waals surface area (Å²) in [4.78, 5) is 13.9. The third-order valence-electron chi connectivity index (χ3n) is 2.36. The van der Waals surface area contributed by atoms with Gasteiger partial charge in [-0.15, -0.1) is 0 Å². The highest BCUT2D eigenvalue weighted by Crippen LogP contribution is 2.23. The molecule has 2 heterocycles. The molecule has 0 saturated heterocycles. The third-order valence-corrected chi connectivity index (χ3v) is 2.66. The first-order valence-corrected chi connectivity index (χ1v) is 5.18. The van der Waals surface area contributed by atoms with Crippen LogP contribution in [0.2, 0.25) is 5.15 Å². The average Bonchev–Trinajstić information content (AvgIpc) is 2.51. The van der Waals surface area contributed by atoms with Crippen LogP contribution < -0.4 is 0 Å². The summed E-state index contributed by atoms with van der Waals surface area (Å²) >= 11 is 5.94. The second-order valence-electron chi connectivity index (χ2n) is 3.55. The van der Waals surface area contributed by atoms with E-state index in [0.717, 1.165) is 17.3 Å². The fraction of sp³-hybridized carbons (Fsp3) is 0.200. The summed E-state index contributed by atoms with van der Waals surface area (Å²) in [6, 6.07) is 1.74. The Balaban J connectivity index is 2.62. The Hall–Kier alpha value is -1.95. The van der Waals surface area contributed by atoms with Gasteiger partial charge >= 0.3 is 0 Å². The molecule has 0 unspecified atom stereocenters. The van der Waals surface area contributed by atoms with Crippen molar-refractivity contribution in [3.8, 4) is 0 Å². The number of fused-ring (bicyclic) bond motifs is 1. The smallest absolute Gasteiger partial charge is 0.235 e. The van der Waals surface area contributed by atoms with Gasteiger partial charge in [0.25, 0.3) is 0 Å². The lowest BCUT2D eigenvalue weighted by molar-refractivity contribution is -0.400. The van der Waals surface area contributed by atoms with Crippen molar-refractivity contribution in [3.63, 3.8) is 0 Å². The van der Waals surface area contributed by atoms with Crippen LogP contribution in [0.3, 0.4) is 0 Å². The Morgan fingerprint density at radius 2 is 2.29 bits per heavy atom. The van der Waals surface area contributed by atoms with Crippen LogP contribution in [0, 0.1) is 17.0 Å². The summed E-state index contributed by atoms with van der Waals surface area (Å²) in [5.41, 5.74) is 1.97. The van der Waals surface area contributed by atoms with E-state index >= 15 is 0 Å². The van der Waals surface area contributed by atoms with Crippen molar-refractivity contribution < 1.29 is 4.92 Å². The molecule has 88 valence electrons. The van der Waals surface area contributed by atoms with Crippen molar-refractivity contribution in [2.24, 2.45) is 7.05 Å². The lowest BCUT2D eigenvalue weighted by atomic mass is 10.2. The molecule has 17 heavy (non-hydrogen) atoms. The molecule has 0 bridgehead atoms. The van der Waals surface area contributed by atoms with E-state index in [1.165, 1.54) is 6.08 Å². The van der Waals surface area contributed by atoms with Gasteiger partial charge in [-0.3, -0.25) is 14.8 Å². The maximum Gasteiger partial charge on any atom is 0.235 e. The topological polar surface area (TPSA) is 73.8 Å². The summed E-state index contributed by atoms with van der Waals surface area (Å²) in [5, 5.41) is 15.5. The van der Waals surface area contributed by atoms with Crippen LogP contribution >= 0.6 is 11.6 Å². The Morgan fingerprint density at radius 3 is 2.94 bits per heavy atom. The lowest BCUT2D eigenvalue weighted by Gasteiger charge is -1.98. The van der Waals surface area contributed by atoms with Gasteiger partial charge in [-0.1, -0.05) is 11.6 Å². The van der Waals surface area contributed by atoms with Gasteiger partial charge in [-0.25, -0.2) is 4.98 Å². The summed E-state index contributed by atoms with van der Waals surface area (Å²) in [6.45, 7) is 1.85. The monoisotopic (exact) mass is 252 g/mol. The summed E-state index contributed by atoms with van der Waals surface area (Å²) in [5.74, 6) is 0. The molecule has 0 saturated carbocycles. The number of rotatable bonds is 2. The minimum atomic E-state index is -0.545. The summed E-state index contributed by atoms with van der Waals surface area (Å²) in [6.07, 6.45) is 2.15. The standard InChI is InChI=1S/C10H9ClN4O2/c1-6-8-5-7(3-4-15(16)17)9(11)12-10(8)14(2)13-6/h3-5H,1-2H3/b4-3+. The maximum absolute atomic E-state index is 10.3. The highest BCUT2D eigenvalue weighted by Gasteiger charge is 2.10. The molecular formula is C10H9ClN4O2. The van der Waals surface area contributed by atoms with Crippen molar-refractivity contribution >= 4 is 28.7 Å². The van der Waals surface area contributed by atoms with E-state index in [1.54, 1.807) is 17.8 Å². The van der Waals surface area contributed by atoms with Gasteiger partial charge in [0.2, 0.25) is 6.20 Å². The Bertz CT molecular complexity index is 633. The lowest BCUT2D eigenvalue weighted by Crippen LogP contribution is -1.93. The van der Waals surface area contributed by atoms with Gasteiger partial charge in [-0.05, 0) is 13.0 Å². The third kappa shape index (κ3) is 2.12.